The normalized spacial score (nSPS) is 35.6. The SMILES string of the molecule is CC(C)(C)N1CCC[C@H](N)C1.CC(C)(C)N1C[C@@H](N)C[C@@H](C2CC2)C1.CC(C)(C)N1C[C@@H](N)[C@H](O)[C@@H](C2CC2)C1.C[C@@H]1C[C@H](N)CN(C(C)(C)C)C1.C[C@@H]1C[C@H](N)CN(C(C)(C)C)C1.C[C@H]1CN(C(C)(C)C)C[C@@H](N)[C@@H]1O.C[C@H]1CN(C(C)(C)C)C[C@@H](N)[C@@H]1O. The highest BCUT2D eigenvalue weighted by Crippen LogP contribution is 2.43. The van der Waals surface area contributed by atoms with Crippen molar-refractivity contribution in [3.8, 4) is 0 Å². The van der Waals surface area contributed by atoms with Crippen LogP contribution in [0.15, 0.2) is 0 Å². The highest BCUT2D eigenvalue weighted by molar-refractivity contribution is 5.00. The van der Waals surface area contributed by atoms with Crippen LogP contribution in [-0.4, -0.2) is 241 Å². The molecule has 0 aromatic carbocycles. The van der Waals surface area contributed by atoms with Gasteiger partial charge in [0.25, 0.3) is 0 Å². The van der Waals surface area contributed by atoms with E-state index in [4.69, 9.17) is 40.1 Å². The van der Waals surface area contributed by atoms with Crippen LogP contribution in [-0.2, 0) is 0 Å². The molecule has 9 fully saturated rings. The first-order valence-electron chi connectivity index (χ1n) is 36.4. The number of hydrogen-bond donors (Lipinski definition) is 10. The molecule has 9 aliphatic rings. The molecule has 7 saturated heterocycles. The van der Waals surface area contributed by atoms with E-state index in [1.165, 1.54) is 84.0 Å². The maximum atomic E-state index is 10.1. The smallest absolute Gasteiger partial charge is 0.0746 e. The van der Waals surface area contributed by atoms with E-state index >= 15 is 0 Å². The molecule has 2 saturated carbocycles. The first-order chi connectivity index (χ1) is 40.8. The third-order valence-electron chi connectivity index (χ3n) is 21.2. The maximum Gasteiger partial charge on any atom is 0.0746 e. The van der Waals surface area contributed by atoms with Crippen molar-refractivity contribution in [2.24, 2.45) is 87.5 Å². The lowest BCUT2D eigenvalue weighted by Crippen LogP contribution is -2.61. The summed E-state index contributed by atoms with van der Waals surface area (Å²) in [5.41, 5.74) is 43.4. The molecule has 17 nitrogen and oxygen atoms in total. The van der Waals surface area contributed by atoms with E-state index in [1.807, 2.05) is 0 Å². The minimum Gasteiger partial charge on any atom is -0.391 e. The Kier molecular flexibility index (Phi) is 32.2. The third kappa shape index (κ3) is 29.2. The summed E-state index contributed by atoms with van der Waals surface area (Å²) in [6, 6.07) is 1.33. The number of nitrogens with zero attached hydrogens (tertiary/aromatic N) is 7. The van der Waals surface area contributed by atoms with Gasteiger partial charge >= 0.3 is 0 Å². The van der Waals surface area contributed by atoms with Crippen LogP contribution in [0, 0.1) is 47.3 Å². The van der Waals surface area contributed by atoms with Gasteiger partial charge in [0.15, 0.2) is 0 Å². The van der Waals surface area contributed by atoms with E-state index in [2.05, 4.69) is 207 Å². The van der Waals surface area contributed by atoms with Crippen molar-refractivity contribution in [1.82, 2.24) is 34.3 Å². The van der Waals surface area contributed by atoms with Crippen molar-refractivity contribution < 1.29 is 15.3 Å². The van der Waals surface area contributed by atoms with Crippen LogP contribution in [0.5, 0.6) is 0 Å². The third-order valence-corrected chi connectivity index (χ3v) is 21.2. The molecule has 0 bridgehead atoms. The van der Waals surface area contributed by atoms with Gasteiger partial charge in [-0.25, -0.2) is 0 Å². The van der Waals surface area contributed by atoms with E-state index in [-0.39, 0.29) is 76.0 Å². The predicted octanol–water partition coefficient (Wildman–Crippen LogP) is 7.62. The van der Waals surface area contributed by atoms with Gasteiger partial charge in [-0.2, -0.15) is 0 Å². The lowest BCUT2D eigenvalue weighted by atomic mass is 9.85. The van der Waals surface area contributed by atoms with Gasteiger partial charge in [-0.05, 0) is 251 Å². The summed E-state index contributed by atoms with van der Waals surface area (Å²) in [5.74, 6) is 5.11. The highest BCUT2D eigenvalue weighted by atomic mass is 16.3. The van der Waals surface area contributed by atoms with Gasteiger partial charge in [0.1, 0.15) is 0 Å². The zero-order chi connectivity index (χ0) is 69.2. The molecule has 536 valence electrons. The number of aliphatic hydroxyl groups excluding tert-OH is 3. The fourth-order valence-corrected chi connectivity index (χ4v) is 14.5. The van der Waals surface area contributed by atoms with E-state index in [0.717, 1.165) is 95.0 Å². The van der Waals surface area contributed by atoms with Crippen LogP contribution >= 0.6 is 0 Å². The van der Waals surface area contributed by atoms with Gasteiger partial charge in [-0.15, -0.1) is 0 Å². The molecule has 2 aliphatic carbocycles. The predicted molar refractivity (Wildman–Crippen MR) is 385 cm³/mol. The standard InChI is InChI=1S/C12H24N2O.C12H24N2.2C10H22N2O.2C10H22N2.C9H20N2/c1-12(2,3)14-6-9(8-4-5-8)11(15)10(13)7-14;1-12(2,3)14-7-10(9-4-5-9)6-11(13)8-14;2*1-7-5-12(10(2,3)4)6-8(11)9(7)13;2*1-8-5-9(11)7-12(6-8)10(2,3)4;1-9(2,3)11-6-4-5-8(10)7-11/h8-11,15H,4-7,13H2,1-3H3;9-11H,4-8,13H2,1-3H3;2*7-9,13H,5-6,11H2,1-4H3;2*8-9H,5-7,11H2,1-4H3;8H,4-7,10H2,1-3H3/t9-,10-,11-;10-,11+;2*7-,8+,9+;2*8-,9+;8-/m1100110/s1. The van der Waals surface area contributed by atoms with E-state index in [9.17, 15) is 15.3 Å². The Morgan fingerprint density at radius 3 is 0.856 bits per heavy atom. The molecule has 0 aromatic rings. The summed E-state index contributed by atoms with van der Waals surface area (Å²) >= 11 is 0. The molecular formula is C73H156N14O3. The first-order valence-corrected chi connectivity index (χ1v) is 36.4. The lowest BCUT2D eigenvalue weighted by molar-refractivity contribution is -0.0303. The minimum atomic E-state index is -0.335. The minimum absolute atomic E-state index is 0.0661. The monoisotopic (exact) mass is 1280 g/mol. The molecule has 17 N–H and O–H groups in total. The number of piperidine rings is 7. The Balaban J connectivity index is 0.000000275. The maximum absolute atomic E-state index is 10.1. The number of hydrogen-bond acceptors (Lipinski definition) is 17. The lowest BCUT2D eigenvalue weighted by Gasteiger charge is -2.46. The topological polar surface area (TPSA) is 266 Å². The van der Waals surface area contributed by atoms with Crippen LogP contribution in [0.4, 0.5) is 0 Å². The van der Waals surface area contributed by atoms with Crippen LogP contribution in [0.2, 0.25) is 0 Å². The number of rotatable bonds is 2. The second-order valence-corrected chi connectivity index (χ2v) is 37.7. The average Bonchev–Trinajstić information content (AvgIpc) is 1.97. The van der Waals surface area contributed by atoms with Gasteiger partial charge in [0.05, 0.1) is 18.3 Å². The molecule has 0 aromatic heterocycles. The van der Waals surface area contributed by atoms with E-state index < -0.39 is 0 Å². The largest absolute Gasteiger partial charge is 0.391 e. The van der Waals surface area contributed by atoms with Gasteiger partial charge in [-0.3, -0.25) is 34.3 Å². The summed E-state index contributed by atoms with van der Waals surface area (Å²) in [6.07, 6.45) is 10.6. The molecule has 0 radical (unpaired) electrons. The molecule has 16 atom stereocenters. The number of nitrogens with two attached hydrogens (primary N) is 7. The quantitative estimate of drug-likeness (QED) is 0.127. The molecule has 7 heterocycles. The molecule has 17 heteroatoms. The fraction of sp³-hybridized carbons (Fsp3) is 1.00. The molecule has 0 spiro atoms. The van der Waals surface area contributed by atoms with Gasteiger partial charge in [0, 0.05) is 172 Å². The van der Waals surface area contributed by atoms with Crippen molar-refractivity contribution >= 4 is 0 Å². The second kappa shape index (κ2) is 34.7. The van der Waals surface area contributed by atoms with Crippen molar-refractivity contribution in [1.29, 1.82) is 0 Å². The molecule has 0 amide bonds. The van der Waals surface area contributed by atoms with Crippen LogP contribution in [0.25, 0.3) is 0 Å². The highest BCUT2D eigenvalue weighted by Gasteiger charge is 2.45. The van der Waals surface area contributed by atoms with E-state index in [1.54, 1.807) is 0 Å². The fourth-order valence-electron chi connectivity index (χ4n) is 14.5. The van der Waals surface area contributed by atoms with Gasteiger partial charge in [-0.1, -0.05) is 27.7 Å². The van der Waals surface area contributed by atoms with Crippen molar-refractivity contribution in [3.63, 3.8) is 0 Å². The second-order valence-electron chi connectivity index (χ2n) is 37.7. The Hall–Kier alpha value is -0.680. The Morgan fingerprint density at radius 2 is 0.567 bits per heavy atom. The van der Waals surface area contributed by atoms with Crippen LogP contribution < -0.4 is 40.1 Å². The van der Waals surface area contributed by atoms with Crippen molar-refractivity contribution in [2.75, 3.05) is 91.6 Å². The molecule has 0 unspecified atom stereocenters. The van der Waals surface area contributed by atoms with Gasteiger partial charge < -0.3 is 55.5 Å². The summed E-state index contributed by atoms with van der Waals surface area (Å²) < 4.78 is 0. The van der Waals surface area contributed by atoms with Gasteiger partial charge in [0.2, 0.25) is 0 Å². The molecular weight excluding hydrogens is 1120 g/mol. The Labute approximate surface area is 556 Å². The summed E-state index contributed by atoms with van der Waals surface area (Å²) in [7, 11) is 0. The summed E-state index contributed by atoms with van der Waals surface area (Å²) in [4.78, 5) is 17.1. The number of aliphatic hydroxyl groups is 3. The van der Waals surface area contributed by atoms with Crippen LogP contribution in [0.3, 0.4) is 0 Å². The molecule has 7 aliphatic heterocycles. The van der Waals surface area contributed by atoms with Crippen molar-refractivity contribution in [3.05, 3.63) is 0 Å². The zero-order valence-electron chi connectivity index (χ0n) is 63.7. The number of likely N-dealkylation sites (tertiary alicyclic amines) is 7. The van der Waals surface area contributed by atoms with Crippen LogP contribution in [0.1, 0.15) is 231 Å². The Bertz CT molecular complexity index is 1880. The average molecular weight is 1280 g/mol. The summed E-state index contributed by atoms with van der Waals surface area (Å²) in [5, 5.41) is 29.4. The summed E-state index contributed by atoms with van der Waals surface area (Å²) in [6.45, 7) is 70.2. The van der Waals surface area contributed by atoms with E-state index in [0.29, 0.717) is 41.2 Å². The molecule has 9 rings (SSSR count). The Morgan fingerprint density at radius 1 is 0.278 bits per heavy atom. The van der Waals surface area contributed by atoms with Crippen molar-refractivity contribution in [2.45, 2.75) is 330 Å². The first kappa shape index (κ1) is 83.5. The zero-order valence-corrected chi connectivity index (χ0v) is 63.7. The molecule has 90 heavy (non-hydrogen) atoms.